The zero-order valence-corrected chi connectivity index (χ0v) is 9.63. The predicted octanol–water partition coefficient (Wildman–Crippen LogP) is 3.50. The summed E-state index contributed by atoms with van der Waals surface area (Å²) in [6.07, 6.45) is 4.34. The molecule has 0 spiro atoms. The molecule has 0 amide bonds. The van der Waals surface area contributed by atoms with Crippen molar-refractivity contribution < 1.29 is 0 Å². The third kappa shape index (κ3) is 0.565. The van der Waals surface area contributed by atoms with Crippen LogP contribution < -0.4 is 0 Å². The van der Waals surface area contributed by atoms with Gasteiger partial charge < -0.3 is 0 Å². The molecule has 2 unspecified atom stereocenters. The second-order valence-corrected chi connectivity index (χ2v) is 6.35. The quantitative estimate of drug-likeness (QED) is 0.668. The number of rotatable bonds is 1. The summed E-state index contributed by atoms with van der Waals surface area (Å²) in [5.41, 5.74) is 2.17. The normalized spacial score (nSPS) is 52.4. The van der Waals surface area contributed by atoms with Crippen LogP contribution in [0.2, 0.25) is 0 Å². The van der Waals surface area contributed by atoms with Crippen LogP contribution in [0.15, 0.2) is 30.3 Å². The minimum Gasteiger partial charge on any atom is -0.0837 e. The number of alkyl halides is 1. The van der Waals surface area contributed by atoms with Gasteiger partial charge in [-0.1, -0.05) is 52.7 Å². The van der Waals surface area contributed by atoms with Gasteiger partial charge in [0.15, 0.2) is 0 Å². The Morgan fingerprint density at radius 2 is 1.71 bits per heavy atom. The maximum atomic E-state index is 4.00. The monoisotopic (exact) mass is 248 g/mol. The van der Waals surface area contributed by atoms with Gasteiger partial charge in [0.2, 0.25) is 0 Å². The second kappa shape index (κ2) is 2.11. The van der Waals surface area contributed by atoms with Crippen LogP contribution in [0.4, 0.5) is 0 Å². The zero-order valence-electron chi connectivity index (χ0n) is 8.04. The number of halogens is 1. The highest BCUT2D eigenvalue weighted by Gasteiger charge is 2.97. The van der Waals surface area contributed by atoms with Crippen molar-refractivity contribution in [1.29, 1.82) is 0 Å². The number of benzene rings is 1. The van der Waals surface area contributed by atoms with Crippen LogP contribution in [-0.2, 0) is 5.41 Å². The van der Waals surface area contributed by atoms with E-state index in [-0.39, 0.29) is 0 Å². The van der Waals surface area contributed by atoms with Gasteiger partial charge in [0.05, 0.1) is 0 Å². The lowest BCUT2D eigenvalue weighted by atomic mass is 9.80. The van der Waals surface area contributed by atoms with Crippen molar-refractivity contribution >= 4 is 15.9 Å². The molecule has 4 rings (SSSR count). The molecule has 3 aliphatic rings. The Balaban J connectivity index is 1.82. The van der Waals surface area contributed by atoms with E-state index in [0.29, 0.717) is 9.74 Å². The SMILES string of the molecule is BrC12C3CCCC1C32c1ccccc1. The first-order valence-electron chi connectivity index (χ1n) is 5.57. The predicted molar refractivity (Wildman–Crippen MR) is 60.6 cm³/mol. The van der Waals surface area contributed by atoms with Gasteiger partial charge in [-0.25, -0.2) is 0 Å². The molecule has 1 aromatic carbocycles. The molecule has 0 aromatic heterocycles. The Hall–Kier alpha value is -0.300. The maximum Gasteiger partial charge on any atom is 0.0435 e. The van der Waals surface area contributed by atoms with Crippen LogP contribution in [-0.4, -0.2) is 4.32 Å². The molecule has 0 nitrogen and oxygen atoms in total. The van der Waals surface area contributed by atoms with Crippen LogP contribution in [0.1, 0.15) is 24.8 Å². The first kappa shape index (κ1) is 7.92. The zero-order chi connectivity index (χ0) is 9.39. The maximum absolute atomic E-state index is 4.00. The van der Waals surface area contributed by atoms with Gasteiger partial charge in [0.25, 0.3) is 0 Å². The fourth-order valence-electron chi connectivity index (χ4n) is 4.25. The Morgan fingerprint density at radius 1 is 1.07 bits per heavy atom. The summed E-state index contributed by atoms with van der Waals surface area (Å²) in [6, 6.07) is 11.1. The summed E-state index contributed by atoms with van der Waals surface area (Å²) in [4.78, 5) is 0. The van der Waals surface area contributed by atoms with Crippen LogP contribution >= 0.6 is 15.9 Å². The highest BCUT2D eigenvalue weighted by atomic mass is 79.9. The second-order valence-electron chi connectivity index (χ2n) is 5.04. The van der Waals surface area contributed by atoms with Gasteiger partial charge in [-0.3, -0.25) is 0 Å². The first-order valence-corrected chi connectivity index (χ1v) is 6.36. The van der Waals surface area contributed by atoms with E-state index in [4.69, 9.17) is 0 Å². The molecule has 0 heterocycles. The standard InChI is InChI=1S/C13H13Br/c14-13-10-7-4-8-11(13)12(10,13)9-5-2-1-3-6-9/h1-3,5-6,10-11H,4,7-8H2. The molecule has 14 heavy (non-hydrogen) atoms. The van der Waals surface area contributed by atoms with Gasteiger partial charge >= 0.3 is 0 Å². The highest BCUT2D eigenvalue weighted by Crippen LogP contribution is 2.94. The molecular formula is C13H13Br. The Kier molecular flexibility index (Phi) is 1.19. The van der Waals surface area contributed by atoms with E-state index < -0.39 is 0 Å². The van der Waals surface area contributed by atoms with Gasteiger partial charge in [0.1, 0.15) is 0 Å². The summed E-state index contributed by atoms with van der Waals surface area (Å²) in [5.74, 6) is 1.91. The molecule has 1 aromatic rings. The summed E-state index contributed by atoms with van der Waals surface area (Å²) >= 11 is 4.00. The van der Waals surface area contributed by atoms with Crippen LogP contribution in [0, 0.1) is 11.8 Å². The molecule has 3 fully saturated rings. The average Bonchev–Trinajstić information content (AvgIpc) is 3.05. The van der Waals surface area contributed by atoms with Gasteiger partial charge in [-0.15, -0.1) is 0 Å². The first-order chi connectivity index (χ1) is 6.83. The van der Waals surface area contributed by atoms with E-state index in [0.717, 1.165) is 11.8 Å². The van der Waals surface area contributed by atoms with Crippen molar-refractivity contribution in [2.75, 3.05) is 0 Å². The van der Waals surface area contributed by atoms with Crippen molar-refractivity contribution in [2.24, 2.45) is 11.8 Å². The number of hydrogen-bond acceptors (Lipinski definition) is 0. The van der Waals surface area contributed by atoms with E-state index in [1.807, 2.05) is 0 Å². The number of hydrogen-bond donors (Lipinski definition) is 0. The van der Waals surface area contributed by atoms with E-state index >= 15 is 0 Å². The summed E-state index contributed by atoms with van der Waals surface area (Å²) in [6.45, 7) is 0. The third-order valence-corrected chi connectivity index (χ3v) is 6.58. The lowest BCUT2D eigenvalue weighted by Gasteiger charge is -2.26. The number of fused-ring (bicyclic) bond motifs is 2. The van der Waals surface area contributed by atoms with Crippen LogP contribution in [0.5, 0.6) is 0 Å². The average molecular weight is 249 g/mol. The Bertz CT molecular complexity index is 383. The molecular weight excluding hydrogens is 236 g/mol. The molecule has 0 bridgehead atoms. The largest absolute Gasteiger partial charge is 0.0837 e. The smallest absolute Gasteiger partial charge is 0.0435 e. The molecule has 0 radical (unpaired) electrons. The molecule has 1 heteroatoms. The molecule has 0 saturated heterocycles. The molecule has 2 atom stereocenters. The minimum absolute atomic E-state index is 0.541. The van der Waals surface area contributed by atoms with Crippen molar-refractivity contribution in [3.05, 3.63) is 35.9 Å². The lowest BCUT2D eigenvalue weighted by Crippen LogP contribution is -2.21. The molecule has 0 aliphatic heterocycles. The van der Waals surface area contributed by atoms with Crippen molar-refractivity contribution in [3.63, 3.8) is 0 Å². The van der Waals surface area contributed by atoms with Crippen molar-refractivity contribution in [2.45, 2.75) is 29.0 Å². The highest BCUT2D eigenvalue weighted by molar-refractivity contribution is 9.10. The topological polar surface area (TPSA) is 0 Å². The summed E-state index contributed by atoms with van der Waals surface area (Å²) < 4.78 is 0.541. The fourth-order valence-corrected chi connectivity index (χ4v) is 5.98. The van der Waals surface area contributed by atoms with E-state index in [2.05, 4.69) is 46.3 Å². The van der Waals surface area contributed by atoms with Crippen molar-refractivity contribution in [3.8, 4) is 0 Å². The van der Waals surface area contributed by atoms with E-state index in [1.165, 1.54) is 19.3 Å². The minimum atomic E-state index is 0.541. The fraction of sp³-hybridized carbons (Fsp3) is 0.538. The molecule has 3 saturated carbocycles. The summed E-state index contributed by atoms with van der Waals surface area (Å²) in [7, 11) is 0. The van der Waals surface area contributed by atoms with Crippen LogP contribution in [0.25, 0.3) is 0 Å². The molecule has 0 N–H and O–H groups in total. The van der Waals surface area contributed by atoms with Gasteiger partial charge in [-0.05, 0) is 30.2 Å². The lowest BCUT2D eigenvalue weighted by molar-refractivity contribution is 0.327. The molecule has 72 valence electrons. The Morgan fingerprint density at radius 3 is 2.29 bits per heavy atom. The van der Waals surface area contributed by atoms with Gasteiger partial charge in [-0.2, -0.15) is 0 Å². The van der Waals surface area contributed by atoms with Gasteiger partial charge in [0, 0.05) is 9.74 Å². The van der Waals surface area contributed by atoms with Crippen LogP contribution in [0.3, 0.4) is 0 Å². The molecule has 3 aliphatic carbocycles. The third-order valence-electron chi connectivity index (χ3n) is 4.82. The van der Waals surface area contributed by atoms with E-state index in [9.17, 15) is 0 Å². The van der Waals surface area contributed by atoms with Crippen molar-refractivity contribution in [1.82, 2.24) is 0 Å². The van der Waals surface area contributed by atoms with E-state index in [1.54, 1.807) is 5.56 Å². The summed E-state index contributed by atoms with van der Waals surface area (Å²) in [5, 5.41) is 0. The Labute approximate surface area is 92.8 Å².